The van der Waals surface area contributed by atoms with Crippen LogP contribution in [0.3, 0.4) is 0 Å². The first-order valence-electron chi connectivity index (χ1n) is 13.6. The quantitative estimate of drug-likeness (QED) is 0.389. The molecule has 2 bridgehead atoms. The summed E-state index contributed by atoms with van der Waals surface area (Å²) in [4.78, 5) is 34.2. The molecule has 1 amide bonds. The molecule has 3 aromatic rings. The van der Waals surface area contributed by atoms with Gasteiger partial charge in [0, 0.05) is 44.2 Å². The molecule has 3 fully saturated rings. The van der Waals surface area contributed by atoms with Crippen LogP contribution in [0.25, 0.3) is 11.4 Å². The van der Waals surface area contributed by atoms with E-state index in [0.717, 1.165) is 12.3 Å². The predicted octanol–water partition coefficient (Wildman–Crippen LogP) is 2.03. The molecule has 3 atom stereocenters. The first-order valence-corrected chi connectivity index (χ1v) is 13.6. The van der Waals surface area contributed by atoms with Crippen molar-refractivity contribution in [1.82, 2.24) is 19.9 Å². The number of piperidine rings is 1. The number of hydrogen-bond donors (Lipinski definition) is 3. The van der Waals surface area contributed by atoms with E-state index < -0.39 is 23.3 Å². The highest BCUT2D eigenvalue weighted by atomic mass is 19.4. The van der Waals surface area contributed by atoms with Gasteiger partial charge in [-0.2, -0.15) is 13.2 Å². The third-order valence-electron chi connectivity index (χ3n) is 7.87. The number of pyridine rings is 2. The molecule has 0 aromatic carbocycles. The lowest BCUT2D eigenvalue weighted by atomic mass is 9.86. The molecule has 12 nitrogen and oxygen atoms in total. The summed E-state index contributed by atoms with van der Waals surface area (Å²) in [6, 6.07) is 5.85. The van der Waals surface area contributed by atoms with Crippen molar-refractivity contribution < 1.29 is 27.4 Å². The number of hydrogen-bond acceptors (Lipinski definition) is 11. The average Bonchev–Trinajstić information content (AvgIpc) is 3.24. The molecule has 6 rings (SSSR count). The second-order valence-electron chi connectivity index (χ2n) is 10.4. The number of nitrogen functional groups attached to an aromatic ring is 1. The number of morpholine rings is 1. The smallest absolute Gasteiger partial charge is 0.382 e. The van der Waals surface area contributed by atoms with Gasteiger partial charge in [-0.25, -0.2) is 19.9 Å². The third-order valence-corrected chi connectivity index (χ3v) is 7.87. The van der Waals surface area contributed by atoms with Crippen LogP contribution < -0.4 is 26.6 Å². The van der Waals surface area contributed by atoms with Crippen LogP contribution in [-0.4, -0.2) is 84.5 Å². The van der Waals surface area contributed by atoms with E-state index in [2.05, 4.69) is 30.2 Å². The number of nitrogens with one attached hydrogen (secondary N) is 1. The fourth-order valence-electron chi connectivity index (χ4n) is 5.73. The van der Waals surface area contributed by atoms with Gasteiger partial charge in [0.1, 0.15) is 17.2 Å². The molecule has 42 heavy (non-hydrogen) atoms. The molecular weight excluding hydrogens is 555 g/mol. The topological polar surface area (TPSA) is 158 Å². The van der Waals surface area contributed by atoms with Crippen LogP contribution in [0.1, 0.15) is 16.1 Å². The highest BCUT2D eigenvalue weighted by Crippen LogP contribution is 2.38. The van der Waals surface area contributed by atoms with Gasteiger partial charge in [-0.05, 0) is 30.8 Å². The van der Waals surface area contributed by atoms with Gasteiger partial charge in [0.05, 0.1) is 43.4 Å². The molecule has 222 valence electrons. The zero-order valence-electron chi connectivity index (χ0n) is 22.5. The summed E-state index contributed by atoms with van der Waals surface area (Å²) in [5, 5.41) is 2.72. The van der Waals surface area contributed by atoms with E-state index in [1.54, 1.807) is 6.07 Å². The number of ether oxygens (including phenoxy) is 2. The highest BCUT2D eigenvalue weighted by molar-refractivity contribution is 6.06. The molecule has 0 spiro atoms. The fourth-order valence-corrected chi connectivity index (χ4v) is 5.73. The Morgan fingerprint density at radius 3 is 2.64 bits per heavy atom. The number of rotatable bonds is 6. The second kappa shape index (κ2) is 11.3. The van der Waals surface area contributed by atoms with E-state index in [4.69, 9.17) is 20.9 Å². The molecule has 3 aliphatic rings. The third kappa shape index (κ3) is 5.42. The summed E-state index contributed by atoms with van der Waals surface area (Å²) in [6.07, 6.45) is -2.14. The Balaban J connectivity index is 1.30. The van der Waals surface area contributed by atoms with Crippen LogP contribution in [0, 0.1) is 11.8 Å². The lowest BCUT2D eigenvalue weighted by Crippen LogP contribution is -2.48. The van der Waals surface area contributed by atoms with Gasteiger partial charge in [0.25, 0.3) is 5.91 Å². The molecule has 3 aliphatic heterocycles. The number of alkyl halides is 3. The Kier molecular flexibility index (Phi) is 7.55. The van der Waals surface area contributed by atoms with Crippen molar-refractivity contribution in [3.63, 3.8) is 0 Å². The minimum absolute atomic E-state index is 0.0285. The number of fused-ring (bicyclic) bond motifs is 2. The first kappa shape index (κ1) is 28.1. The largest absolute Gasteiger partial charge is 0.418 e. The minimum atomic E-state index is -4.72. The zero-order chi connectivity index (χ0) is 29.4. The summed E-state index contributed by atoms with van der Waals surface area (Å²) >= 11 is 0. The average molecular weight is 586 g/mol. The number of nitrogens with zero attached hydrogens (tertiary/aromatic N) is 6. The summed E-state index contributed by atoms with van der Waals surface area (Å²) in [6.45, 7) is 4.22. The van der Waals surface area contributed by atoms with Crippen LogP contribution >= 0.6 is 0 Å². The van der Waals surface area contributed by atoms with Gasteiger partial charge in [-0.3, -0.25) is 4.79 Å². The second-order valence-corrected chi connectivity index (χ2v) is 10.4. The maximum atomic E-state index is 14.0. The van der Waals surface area contributed by atoms with Crippen molar-refractivity contribution in [3.8, 4) is 11.4 Å². The molecule has 0 radical (unpaired) electrons. The molecule has 3 saturated heterocycles. The standard InChI is InChI=1S/C27H30F3N9O3/c28-27(29,30)17-3-4-21(38-6-8-41-9-7-38)36-22(17)18-11-34-24(32)23(35-18)26(40)37-25-19(2-1-5-33-25)39-12-15-14-42-20(13-39)16(15)10-31/h1-5,11,15-16,20H,6-10,12-14,31H2,(H2,32,34)(H,33,37,40)/t15-,16+,20-/m1/s1. The van der Waals surface area contributed by atoms with E-state index in [1.807, 2.05) is 11.0 Å². The van der Waals surface area contributed by atoms with E-state index >= 15 is 0 Å². The molecule has 3 aromatic heterocycles. The normalized spacial score (nSPS) is 22.3. The van der Waals surface area contributed by atoms with E-state index in [1.165, 1.54) is 12.3 Å². The fraction of sp³-hybridized carbons (Fsp3) is 0.444. The predicted molar refractivity (Wildman–Crippen MR) is 148 cm³/mol. The van der Waals surface area contributed by atoms with Crippen molar-refractivity contribution in [1.29, 1.82) is 0 Å². The molecular formula is C27H30F3N9O3. The van der Waals surface area contributed by atoms with Gasteiger partial charge in [-0.15, -0.1) is 0 Å². The first-order chi connectivity index (χ1) is 20.2. The molecule has 15 heteroatoms. The molecule has 0 saturated carbocycles. The lowest BCUT2D eigenvalue weighted by Gasteiger charge is -2.37. The van der Waals surface area contributed by atoms with Crippen molar-refractivity contribution >= 4 is 29.0 Å². The Morgan fingerprint density at radius 2 is 1.90 bits per heavy atom. The molecule has 0 aliphatic carbocycles. The van der Waals surface area contributed by atoms with Crippen LogP contribution in [0.15, 0.2) is 36.7 Å². The van der Waals surface area contributed by atoms with Crippen molar-refractivity contribution in [2.45, 2.75) is 12.3 Å². The van der Waals surface area contributed by atoms with E-state index in [9.17, 15) is 18.0 Å². The number of carbonyl (C=O) groups is 1. The minimum Gasteiger partial charge on any atom is -0.382 e. The van der Waals surface area contributed by atoms with Crippen molar-refractivity contribution in [2.24, 2.45) is 17.6 Å². The summed E-state index contributed by atoms with van der Waals surface area (Å²) in [5.41, 5.74) is 10.6. The van der Waals surface area contributed by atoms with Gasteiger partial charge >= 0.3 is 6.18 Å². The van der Waals surface area contributed by atoms with Crippen LogP contribution in [0.5, 0.6) is 0 Å². The number of anilines is 4. The monoisotopic (exact) mass is 585 g/mol. The van der Waals surface area contributed by atoms with Crippen molar-refractivity contribution in [3.05, 3.63) is 47.9 Å². The number of amides is 1. The van der Waals surface area contributed by atoms with Crippen LogP contribution in [-0.2, 0) is 15.7 Å². The summed E-state index contributed by atoms with van der Waals surface area (Å²) < 4.78 is 53.3. The van der Waals surface area contributed by atoms with Crippen LogP contribution in [0.2, 0.25) is 0 Å². The number of nitrogens with two attached hydrogens (primary N) is 2. The Morgan fingerprint density at radius 1 is 1.10 bits per heavy atom. The van der Waals surface area contributed by atoms with Crippen molar-refractivity contribution in [2.75, 3.05) is 73.4 Å². The molecule has 6 heterocycles. The maximum Gasteiger partial charge on any atom is 0.418 e. The van der Waals surface area contributed by atoms with Gasteiger partial charge in [0.2, 0.25) is 0 Å². The molecule has 0 unspecified atom stereocenters. The van der Waals surface area contributed by atoms with Crippen LogP contribution in [0.4, 0.5) is 36.3 Å². The maximum absolute atomic E-state index is 14.0. The SMILES string of the molecule is NC[C@H]1[C@H]2CO[C@@H]1CN(c1cccnc1NC(=O)c1nc(-c3nc(N4CCOCC4)ccc3C(F)(F)F)cnc1N)C2. The Labute approximate surface area is 239 Å². The Hall–Kier alpha value is -4.08. The summed E-state index contributed by atoms with van der Waals surface area (Å²) in [5.74, 6) is 0.0890. The molecule has 5 N–H and O–H groups in total. The van der Waals surface area contributed by atoms with Gasteiger partial charge in [-0.1, -0.05) is 0 Å². The van der Waals surface area contributed by atoms with E-state index in [0.29, 0.717) is 64.0 Å². The van der Waals surface area contributed by atoms with Gasteiger partial charge in [0.15, 0.2) is 17.3 Å². The van der Waals surface area contributed by atoms with Gasteiger partial charge < -0.3 is 36.1 Å². The Bertz CT molecular complexity index is 1450. The number of aromatic nitrogens is 4. The number of carbonyl (C=O) groups excluding carboxylic acids is 1. The number of halogens is 3. The summed E-state index contributed by atoms with van der Waals surface area (Å²) in [7, 11) is 0. The lowest BCUT2D eigenvalue weighted by molar-refractivity contribution is -0.137. The zero-order valence-corrected chi connectivity index (χ0v) is 22.5. The highest BCUT2D eigenvalue weighted by Gasteiger charge is 2.43. The van der Waals surface area contributed by atoms with E-state index in [-0.39, 0.29) is 41.0 Å².